The molecule has 6 heteroatoms. The lowest BCUT2D eigenvalue weighted by Crippen LogP contribution is -2.40. The largest absolute Gasteiger partial charge is 0.381 e. The van der Waals surface area contributed by atoms with Gasteiger partial charge in [-0.1, -0.05) is 23.8 Å². The van der Waals surface area contributed by atoms with Crippen molar-refractivity contribution < 1.29 is 14.3 Å². The summed E-state index contributed by atoms with van der Waals surface area (Å²) < 4.78 is 5.57. The van der Waals surface area contributed by atoms with Gasteiger partial charge >= 0.3 is 0 Å². The van der Waals surface area contributed by atoms with Gasteiger partial charge in [-0.05, 0) is 63.5 Å². The summed E-state index contributed by atoms with van der Waals surface area (Å²) in [5, 5.41) is 3.04. The number of ether oxygens (including phenoxy) is 1. The number of ketones is 1. The third-order valence-corrected chi connectivity index (χ3v) is 6.88. The zero-order valence-corrected chi connectivity index (χ0v) is 19.9. The Labute approximate surface area is 196 Å². The molecule has 1 aromatic rings. The number of hydrogen-bond donors (Lipinski definition) is 1. The lowest BCUT2D eigenvalue weighted by molar-refractivity contribution is -0.115. The average molecular weight is 450 g/mol. The number of hydrogen-bond acceptors (Lipinski definition) is 5. The molecule has 0 unspecified atom stereocenters. The predicted octanol–water partition coefficient (Wildman–Crippen LogP) is 4.32. The van der Waals surface area contributed by atoms with Crippen LogP contribution in [-0.4, -0.2) is 49.0 Å². The lowest BCUT2D eigenvalue weighted by Gasteiger charge is -2.36. The zero-order chi connectivity index (χ0) is 23.2. The first-order chi connectivity index (χ1) is 16.1. The number of amides is 1. The molecule has 1 aliphatic carbocycles. The summed E-state index contributed by atoms with van der Waals surface area (Å²) in [5.74, 6) is -0.0413. The number of fused-ring (bicyclic) bond motifs is 1. The van der Waals surface area contributed by atoms with Crippen molar-refractivity contribution in [3.8, 4) is 0 Å². The normalized spacial score (nSPS) is 21.6. The van der Waals surface area contributed by atoms with Crippen LogP contribution in [0.2, 0.25) is 0 Å². The fourth-order valence-electron chi connectivity index (χ4n) is 5.16. The highest BCUT2D eigenvalue weighted by Gasteiger charge is 2.26. The van der Waals surface area contributed by atoms with Gasteiger partial charge in [-0.15, -0.1) is 0 Å². The summed E-state index contributed by atoms with van der Waals surface area (Å²) in [6.07, 6.45) is 15.9. The molecule has 1 saturated heterocycles. The second kappa shape index (κ2) is 10.9. The molecule has 1 amide bonds. The number of rotatable bonds is 3. The van der Waals surface area contributed by atoms with Crippen LogP contribution in [0.3, 0.4) is 0 Å². The van der Waals surface area contributed by atoms with Crippen molar-refractivity contribution in [2.45, 2.75) is 64.8 Å². The zero-order valence-electron chi connectivity index (χ0n) is 19.9. The van der Waals surface area contributed by atoms with Crippen LogP contribution in [0.15, 0.2) is 47.3 Å². The number of carbonyl (C=O) groups is 2. The van der Waals surface area contributed by atoms with Gasteiger partial charge in [0, 0.05) is 50.5 Å². The first-order valence-electron chi connectivity index (χ1n) is 12.2. The molecule has 1 aromatic heterocycles. The smallest absolute Gasteiger partial charge is 0.253 e. The Hall–Kier alpha value is -2.73. The molecule has 0 spiro atoms. The van der Waals surface area contributed by atoms with E-state index in [9.17, 15) is 9.59 Å². The van der Waals surface area contributed by atoms with Crippen LogP contribution in [0, 0.1) is 0 Å². The minimum atomic E-state index is -0.166. The fraction of sp³-hybridized carbons (Fsp3) is 0.519. The topological polar surface area (TPSA) is 71.5 Å². The minimum absolute atomic E-state index is 0.125. The number of nitrogens with zero attached hydrogens (tertiary/aromatic N) is 2. The summed E-state index contributed by atoms with van der Waals surface area (Å²) in [6, 6.07) is 0.385. The van der Waals surface area contributed by atoms with Gasteiger partial charge in [0.1, 0.15) is 0 Å². The van der Waals surface area contributed by atoms with E-state index in [2.05, 4.69) is 40.4 Å². The van der Waals surface area contributed by atoms with Crippen molar-refractivity contribution in [1.29, 1.82) is 0 Å². The third kappa shape index (κ3) is 5.44. The Bertz CT molecular complexity index is 986. The first-order valence-corrected chi connectivity index (χ1v) is 12.2. The molecule has 0 bridgehead atoms. The van der Waals surface area contributed by atoms with Crippen molar-refractivity contribution in [3.05, 3.63) is 58.5 Å². The number of carbonyl (C=O) groups excluding carboxylic acids is 2. The molecule has 2 aliphatic heterocycles. The van der Waals surface area contributed by atoms with E-state index >= 15 is 0 Å². The van der Waals surface area contributed by atoms with E-state index in [1.807, 2.05) is 13.1 Å². The van der Waals surface area contributed by atoms with Gasteiger partial charge in [-0.3, -0.25) is 14.6 Å². The van der Waals surface area contributed by atoms with Crippen molar-refractivity contribution in [1.82, 2.24) is 10.3 Å². The molecule has 1 N–H and O–H groups in total. The van der Waals surface area contributed by atoms with E-state index in [1.54, 1.807) is 6.20 Å². The van der Waals surface area contributed by atoms with Crippen molar-refractivity contribution >= 4 is 17.4 Å². The van der Waals surface area contributed by atoms with Crippen LogP contribution in [0.1, 0.15) is 68.3 Å². The van der Waals surface area contributed by atoms with E-state index in [0.29, 0.717) is 24.4 Å². The summed E-state index contributed by atoms with van der Waals surface area (Å²) in [4.78, 5) is 32.9. The minimum Gasteiger partial charge on any atom is -0.381 e. The lowest BCUT2D eigenvalue weighted by atomic mass is 9.89. The van der Waals surface area contributed by atoms with E-state index in [-0.39, 0.29) is 18.2 Å². The van der Waals surface area contributed by atoms with Crippen LogP contribution >= 0.6 is 0 Å². The van der Waals surface area contributed by atoms with Gasteiger partial charge < -0.3 is 15.0 Å². The SMILES string of the molecule is CCN(c1cncc2c1C/C=C\CCCC1=C(CNC2=O)C(=O)CC(C)=C1)C1CCOCC1. The molecule has 0 aromatic carbocycles. The number of anilines is 1. The maximum absolute atomic E-state index is 13.3. The van der Waals surface area contributed by atoms with E-state index in [0.717, 1.165) is 79.8 Å². The highest BCUT2D eigenvalue weighted by atomic mass is 16.5. The highest BCUT2D eigenvalue weighted by molar-refractivity contribution is 6.02. The fourth-order valence-corrected chi connectivity index (χ4v) is 5.16. The van der Waals surface area contributed by atoms with Crippen LogP contribution in [0.5, 0.6) is 0 Å². The van der Waals surface area contributed by atoms with Gasteiger partial charge in [-0.25, -0.2) is 0 Å². The van der Waals surface area contributed by atoms with Crippen molar-refractivity contribution in [2.24, 2.45) is 0 Å². The Kier molecular flexibility index (Phi) is 7.76. The Balaban J connectivity index is 1.68. The molecule has 3 aliphatic rings. The maximum Gasteiger partial charge on any atom is 0.253 e. The Morgan fingerprint density at radius 2 is 2.00 bits per heavy atom. The average Bonchev–Trinajstić information content (AvgIpc) is 2.83. The van der Waals surface area contributed by atoms with E-state index in [1.165, 1.54) is 0 Å². The molecular formula is C27H35N3O3. The molecule has 33 heavy (non-hydrogen) atoms. The third-order valence-electron chi connectivity index (χ3n) is 6.88. The first kappa shape index (κ1) is 23.4. The van der Waals surface area contributed by atoms with E-state index in [4.69, 9.17) is 4.74 Å². The van der Waals surface area contributed by atoms with Crippen LogP contribution < -0.4 is 10.2 Å². The number of aromatic nitrogens is 1. The maximum atomic E-state index is 13.3. The summed E-state index contributed by atoms with van der Waals surface area (Å²) in [5.41, 5.74) is 5.55. The van der Waals surface area contributed by atoms with Gasteiger partial charge in [0.2, 0.25) is 0 Å². The molecular weight excluding hydrogens is 414 g/mol. The number of nitrogens with one attached hydrogen (secondary N) is 1. The van der Waals surface area contributed by atoms with Gasteiger partial charge in [0.15, 0.2) is 5.78 Å². The van der Waals surface area contributed by atoms with Crippen molar-refractivity contribution in [2.75, 3.05) is 31.2 Å². The van der Waals surface area contributed by atoms with Crippen LogP contribution in [-0.2, 0) is 16.0 Å². The molecule has 0 radical (unpaired) electrons. The standard InChI is InChI=1S/C27H35N3O3/c1-3-30(21-10-12-33-13-11-21)25-18-28-16-24-22(25)9-7-5-4-6-8-20-14-19(2)15-26(31)23(20)17-29-27(24)32/h5,7,14,16,18,21H,3-4,6,8-13,15,17H2,1-2H3,(H,29,32)/b7-5-. The highest BCUT2D eigenvalue weighted by Crippen LogP contribution is 2.30. The molecule has 176 valence electrons. The van der Waals surface area contributed by atoms with Gasteiger partial charge in [-0.2, -0.15) is 0 Å². The van der Waals surface area contributed by atoms with Gasteiger partial charge in [0.25, 0.3) is 5.91 Å². The number of pyridine rings is 1. The molecule has 0 saturated carbocycles. The molecule has 6 nitrogen and oxygen atoms in total. The Morgan fingerprint density at radius 3 is 2.79 bits per heavy atom. The monoisotopic (exact) mass is 449 g/mol. The molecule has 3 heterocycles. The van der Waals surface area contributed by atoms with Crippen LogP contribution in [0.4, 0.5) is 5.69 Å². The van der Waals surface area contributed by atoms with E-state index < -0.39 is 0 Å². The number of allylic oxidation sites excluding steroid dienone is 5. The van der Waals surface area contributed by atoms with Crippen LogP contribution in [0.25, 0.3) is 0 Å². The second-order valence-electron chi connectivity index (χ2n) is 9.16. The predicted molar refractivity (Wildman–Crippen MR) is 131 cm³/mol. The van der Waals surface area contributed by atoms with Gasteiger partial charge in [0.05, 0.1) is 17.4 Å². The number of Topliss-reactive ketones (excluding diaryl/α,β-unsaturated/α-hetero) is 1. The summed E-state index contributed by atoms with van der Waals surface area (Å²) >= 11 is 0. The Morgan fingerprint density at radius 1 is 1.18 bits per heavy atom. The summed E-state index contributed by atoms with van der Waals surface area (Å²) in [7, 11) is 0. The molecule has 4 rings (SSSR count). The quantitative estimate of drug-likeness (QED) is 0.696. The summed E-state index contributed by atoms with van der Waals surface area (Å²) in [6.45, 7) is 6.81. The molecule has 0 atom stereocenters. The van der Waals surface area contributed by atoms with Crippen molar-refractivity contribution in [3.63, 3.8) is 0 Å². The molecule has 1 fully saturated rings. The second-order valence-corrected chi connectivity index (χ2v) is 9.16.